The lowest BCUT2D eigenvalue weighted by molar-refractivity contribution is -0.113. The summed E-state index contributed by atoms with van der Waals surface area (Å²) in [6.45, 7) is 2.69. The van der Waals surface area contributed by atoms with E-state index in [0.717, 1.165) is 11.1 Å². The number of nitrogens with zero attached hydrogens (tertiary/aromatic N) is 1. The maximum atomic E-state index is 13.2. The van der Waals surface area contributed by atoms with Crippen molar-refractivity contribution in [2.45, 2.75) is 13.5 Å². The van der Waals surface area contributed by atoms with Crippen LogP contribution in [0.2, 0.25) is 15.1 Å². The summed E-state index contributed by atoms with van der Waals surface area (Å²) in [6.07, 6.45) is 1.76. The van der Waals surface area contributed by atoms with Crippen LogP contribution in [-0.2, 0) is 11.4 Å². The van der Waals surface area contributed by atoms with Gasteiger partial charge >= 0.3 is 0 Å². The Morgan fingerprint density at radius 3 is 2.43 bits per heavy atom. The maximum absolute atomic E-state index is 13.2. The number of rotatable bonds is 7. The highest BCUT2D eigenvalue weighted by molar-refractivity contribution is 9.10. The predicted octanol–water partition coefficient (Wildman–Crippen LogP) is 8.79. The van der Waals surface area contributed by atoms with Crippen molar-refractivity contribution in [3.63, 3.8) is 0 Å². The normalized spacial score (nSPS) is 14.7. The van der Waals surface area contributed by atoms with E-state index in [2.05, 4.69) is 15.9 Å². The van der Waals surface area contributed by atoms with Crippen LogP contribution in [0.3, 0.4) is 0 Å². The molecule has 0 spiro atoms. The zero-order valence-electron chi connectivity index (χ0n) is 18.2. The first kappa shape index (κ1) is 26.3. The molecule has 35 heavy (non-hydrogen) atoms. The molecule has 3 aromatic carbocycles. The Morgan fingerprint density at radius 1 is 1.03 bits per heavy atom. The van der Waals surface area contributed by atoms with Crippen molar-refractivity contribution < 1.29 is 14.3 Å². The Labute approximate surface area is 236 Å². The van der Waals surface area contributed by atoms with Gasteiger partial charge in [0.1, 0.15) is 6.61 Å². The van der Waals surface area contributed by atoms with Crippen molar-refractivity contribution in [1.82, 2.24) is 0 Å². The van der Waals surface area contributed by atoms with Gasteiger partial charge in [0.25, 0.3) is 5.91 Å². The van der Waals surface area contributed by atoms with E-state index in [9.17, 15) is 4.79 Å². The number of hydrogen-bond donors (Lipinski definition) is 0. The molecule has 3 aromatic rings. The first-order valence-electron chi connectivity index (χ1n) is 10.3. The van der Waals surface area contributed by atoms with E-state index in [4.69, 9.17) is 56.5 Å². The highest BCUT2D eigenvalue weighted by Crippen LogP contribution is 2.42. The Hall–Kier alpha value is -1.74. The number of hydrogen-bond acceptors (Lipinski definition) is 5. The summed E-state index contributed by atoms with van der Waals surface area (Å²) in [4.78, 5) is 15.1. The van der Waals surface area contributed by atoms with Crippen LogP contribution in [-0.4, -0.2) is 16.8 Å². The highest BCUT2D eigenvalue weighted by Gasteiger charge is 2.34. The minimum absolute atomic E-state index is 0.263. The van der Waals surface area contributed by atoms with Gasteiger partial charge in [0.2, 0.25) is 0 Å². The number of benzene rings is 3. The van der Waals surface area contributed by atoms with E-state index in [1.165, 1.54) is 16.7 Å². The third-order valence-electron chi connectivity index (χ3n) is 4.87. The van der Waals surface area contributed by atoms with Gasteiger partial charge in [-0.3, -0.25) is 9.69 Å². The van der Waals surface area contributed by atoms with Crippen LogP contribution in [0.15, 0.2) is 64.0 Å². The van der Waals surface area contributed by atoms with Gasteiger partial charge in [-0.2, -0.15) is 0 Å². The van der Waals surface area contributed by atoms with Crippen LogP contribution in [0.25, 0.3) is 6.08 Å². The van der Waals surface area contributed by atoms with E-state index in [0.29, 0.717) is 59.2 Å². The van der Waals surface area contributed by atoms with Gasteiger partial charge in [0, 0.05) is 10.0 Å². The van der Waals surface area contributed by atoms with Gasteiger partial charge in [0.05, 0.1) is 26.7 Å². The smallest absolute Gasteiger partial charge is 0.270 e. The van der Waals surface area contributed by atoms with Crippen LogP contribution in [0.4, 0.5) is 5.69 Å². The molecule has 0 N–H and O–H groups in total. The van der Waals surface area contributed by atoms with Crippen LogP contribution in [0, 0.1) is 0 Å². The van der Waals surface area contributed by atoms with E-state index < -0.39 is 0 Å². The van der Waals surface area contributed by atoms with Gasteiger partial charge in [0.15, 0.2) is 15.8 Å². The monoisotopic (exact) mass is 627 g/mol. The standard InChI is InChI=1S/C25H17BrCl3NO3S2/c1-2-32-21-10-15(9-18(26)23(21)33-13-14-3-5-16(27)6-4-14)11-22-24(31)30(25(34)35-22)20-8-7-17(28)12-19(20)29/h3-12H,2,13H2,1H3/b22-11-. The quantitative estimate of drug-likeness (QED) is 0.193. The molecule has 0 aliphatic carbocycles. The van der Waals surface area contributed by atoms with Gasteiger partial charge < -0.3 is 9.47 Å². The molecule has 1 amide bonds. The number of anilines is 1. The number of amides is 1. The first-order chi connectivity index (χ1) is 16.8. The molecule has 0 aromatic heterocycles. The average Bonchev–Trinajstić information content (AvgIpc) is 3.07. The largest absolute Gasteiger partial charge is 0.490 e. The SMILES string of the molecule is CCOc1cc(/C=C2\SC(=S)N(c3ccc(Cl)cc3Cl)C2=O)cc(Br)c1OCc1ccc(Cl)cc1. The lowest BCUT2D eigenvalue weighted by Crippen LogP contribution is -2.27. The molecule has 0 bridgehead atoms. The van der Waals surface area contributed by atoms with Gasteiger partial charge in [-0.25, -0.2) is 0 Å². The number of halogens is 4. The summed E-state index contributed by atoms with van der Waals surface area (Å²) >= 11 is 28.5. The summed E-state index contributed by atoms with van der Waals surface area (Å²) in [5.41, 5.74) is 2.21. The fourth-order valence-corrected chi connectivity index (χ4v) is 5.78. The average molecular weight is 630 g/mol. The summed E-state index contributed by atoms with van der Waals surface area (Å²) in [6, 6.07) is 16.0. The van der Waals surface area contributed by atoms with Crippen molar-refractivity contribution in [2.75, 3.05) is 11.5 Å². The number of ether oxygens (including phenoxy) is 2. The fourth-order valence-electron chi connectivity index (χ4n) is 3.30. The van der Waals surface area contributed by atoms with Crippen molar-refractivity contribution in [2.24, 2.45) is 0 Å². The second-order valence-electron chi connectivity index (χ2n) is 7.29. The predicted molar refractivity (Wildman–Crippen MR) is 153 cm³/mol. The Morgan fingerprint density at radius 2 is 1.74 bits per heavy atom. The second-order valence-corrected chi connectivity index (χ2v) is 11.1. The second kappa shape index (κ2) is 11.5. The van der Waals surface area contributed by atoms with E-state index >= 15 is 0 Å². The molecular weight excluding hydrogens is 613 g/mol. The molecule has 0 unspecified atom stereocenters. The van der Waals surface area contributed by atoms with Gasteiger partial charge in [-0.05, 0) is 82.5 Å². The van der Waals surface area contributed by atoms with Crippen LogP contribution < -0.4 is 14.4 Å². The topological polar surface area (TPSA) is 38.8 Å². The van der Waals surface area contributed by atoms with Crippen molar-refractivity contribution in [3.05, 3.63) is 90.2 Å². The van der Waals surface area contributed by atoms with Crippen LogP contribution in [0.5, 0.6) is 11.5 Å². The molecule has 180 valence electrons. The Balaban J connectivity index is 1.61. The van der Waals surface area contributed by atoms with Crippen molar-refractivity contribution in [3.8, 4) is 11.5 Å². The van der Waals surface area contributed by atoms with Crippen LogP contribution >= 0.6 is 74.7 Å². The van der Waals surface area contributed by atoms with Crippen LogP contribution in [0.1, 0.15) is 18.1 Å². The summed E-state index contributed by atoms with van der Waals surface area (Å²) in [7, 11) is 0. The molecule has 1 aliphatic heterocycles. The lowest BCUT2D eigenvalue weighted by Gasteiger charge is -2.16. The molecular formula is C25H17BrCl3NO3S2. The zero-order chi connectivity index (χ0) is 25.1. The summed E-state index contributed by atoms with van der Waals surface area (Å²) in [5, 5.41) is 1.49. The zero-order valence-corrected chi connectivity index (χ0v) is 23.7. The molecule has 0 radical (unpaired) electrons. The van der Waals surface area contributed by atoms with Crippen molar-refractivity contribution >= 4 is 96.7 Å². The van der Waals surface area contributed by atoms with Gasteiger partial charge in [-0.15, -0.1) is 0 Å². The molecule has 0 saturated carbocycles. The fraction of sp³-hybridized carbons (Fsp3) is 0.120. The molecule has 0 atom stereocenters. The highest BCUT2D eigenvalue weighted by atomic mass is 79.9. The van der Waals surface area contributed by atoms with E-state index in [1.54, 1.807) is 24.3 Å². The number of carbonyl (C=O) groups excluding carboxylic acids is 1. The number of thioether (sulfide) groups is 1. The summed E-state index contributed by atoms with van der Waals surface area (Å²) < 4.78 is 13.0. The minimum Gasteiger partial charge on any atom is -0.490 e. The third kappa shape index (κ3) is 6.16. The number of carbonyl (C=O) groups is 1. The Bertz CT molecular complexity index is 1330. The lowest BCUT2D eigenvalue weighted by atomic mass is 10.1. The molecule has 1 fully saturated rings. The number of thiocarbonyl (C=S) groups is 1. The molecule has 1 saturated heterocycles. The van der Waals surface area contributed by atoms with Gasteiger partial charge in [-0.1, -0.05) is 70.9 Å². The first-order valence-corrected chi connectivity index (χ1v) is 13.5. The molecule has 1 heterocycles. The molecule has 4 rings (SSSR count). The van der Waals surface area contributed by atoms with Crippen molar-refractivity contribution in [1.29, 1.82) is 0 Å². The van der Waals surface area contributed by atoms with E-state index in [1.807, 2.05) is 43.3 Å². The summed E-state index contributed by atoms with van der Waals surface area (Å²) in [5.74, 6) is 0.860. The third-order valence-corrected chi connectivity index (χ3v) is 7.55. The molecule has 1 aliphatic rings. The Kier molecular flexibility index (Phi) is 8.68. The minimum atomic E-state index is -0.263. The molecule has 10 heteroatoms. The van der Waals surface area contributed by atoms with E-state index in [-0.39, 0.29) is 5.91 Å². The molecule has 4 nitrogen and oxygen atoms in total. The maximum Gasteiger partial charge on any atom is 0.270 e.